The molecule has 1 fully saturated rings. The van der Waals surface area contributed by atoms with Crippen LogP contribution in [0.4, 0.5) is 0 Å². The fourth-order valence-corrected chi connectivity index (χ4v) is 2.35. The average Bonchev–Trinajstić information content (AvgIpc) is 2.47. The molecule has 1 amide bonds. The molecule has 19 heavy (non-hydrogen) atoms. The van der Waals surface area contributed by atoms with E-state index in [-0.39, 0.29) is 5.91 Å². The predicted octanol–water partition coefficient (Wildman–Crippen LogP) is 2.19. The summed E-state index contributed by atoms with van der Waals surface area (Å²) in [7, 11) is 3.48. The van der Waals surface area contributed by atoms with Crippen molar-refractivity contribution in [3.63, 3.8) is 0 Å². The maximum Gasteiger partial charge on any atom is 0.253 e. The Balaban J connectivity index is 1.93. The van der Waals surface area contributed by atoms with Gasteiger partial charge < -0.3 is 14.4 Å². The van der Waals surface area contributed by atoms with E-state index in [9.17, 15) is 4.79 Å². The Morgan fingerprint density at radius 3 is 2.53 bits per heavy atom. The van der Waals surface area contributed by atoms with Crippen LogP contribution in [0.25, 0.3) is 0 Å². The summed E-state index contributed by atoms with van der Waals surface area (Å²) in [5, 5.41) is 0. The summed E-state index contributed by atoms with van der Waals surface area (Å²) in [4.78, 5) is 14.1. The summed E-state index contributed by atoms with van der Waals surface area (Å²) in [6, 6.07) is 7.24. The molecule has 0 aromatic heterocycles. The maximum absolute atomic E-state index is 12.3. The van der Waals surface area contributed by atoms with Gasteiger partial charge in [0.25, 0.3) is 5.91 Å². The zero-order valence-electron chi connectivity index (χ0n) is 11.6. The molecule has 1 aliphatic heterocycles. The van der Waals surface area contributed by atoms with Crippen LogP contribution in [0.1, 0.15) is 23.2 Å². The zero-order valence-corrected chi connectivity index (χ0v) is 11.6. The number of nitrogens with zero attached hydrogens (tertiary/aromatic N) is 1. The van der Waals surface area contributed by atoms with Gasteiger partial charge in [-0.2, -0.15) is 0 Å². The third-order valence-corrected chi connectivity index (χ3v) is 3.56. The fourth-order valence-electron chi connectivity index (χ4n) is 2.35. The molecule has 2 rings (SSSR count). The van der Waals surface area contributed by atoms with Crippen LogP contribution in [-0.2, 0) is 4.74 Å². The summed E-state index contributed by atoms with van der Waals surface area (Å²) in [6.45, 7) is 2.43. The molecule has 1 saturated heterocycles. The molecule has 1 aromatic carbocycles. The number of hydrogen-bond acceptors (Lipinski definition) is 3. The van der Waals surface area contributed by atoms with Crippen molar-refractivity contribution in [3.8, 4) is 5.75 Å². The van der Waals surface area contributed by atoms with Gasteiger partial charge in [0.15, 0.2) is 0 Å². The van der Waals surface area contributed by atoms with Crippen LogP contribution in [0, 0.1) is 5.92 Å². The Morgan fingerprint density at radius 2 is 1.95 bits per heavy atom. The first kappa shape index (κ1) is 13.9. The van der Waals surface area contributed by atoms with Crippen LogP contribution in [0.5, 0.6) is 5.75 Å². The third kappa shape index (κ3) is 3.70. The molecule has 0 radical (unpaired) electrons. The summed E-state index contributed by atoms with van der Waals surface area (Å²) in [5.74, 6) is 1.39. The predicted molar refractivity (Wildman–Crippen MR) is 73.5 cm³/mol. The van der Waals surface area contributed by atoms with E-state index < -0.39 is 0 Å². The van der Waals surface area contributed by atoms with Gasteiger partial charge in [-0.1, -0.05) is 0 Å². The lowest BCUT2D eigenvalue weighted by atomic mass is 9.99. The zero-order chi connectivity index (χ0) is 13.7. The van der Waals surface area contributed by atoms with Crippen LogP contribution in [0.15, 0.2) is 24.3 Å². The van der Waals surface area contributed by atoms with Gasteiger partial charge >= 0.3 is 0 Å². The molecule has 4 heteroatoms. The van der Waals surface area contributed by atoms with E-state index in [2.05, 4.69) is 0 Å². The molecule has 1 aliphatic rings. The van der Waals surface area contributed by atoms with E-state index >= 15 is 0 Å². The van der Waals surface area contributed by atoms with Crippen LogP contribution >= 0.6 is 0 Å². The van der Waals surface area contributed by atoms with Gasteiger partial charge in [0.1, 0.15) is 5.75 Å². The molecule has 1 heterocycles. The molecule has 0 unspecified atom stereocenters. The Kier molecular flexibility index (Phi) is 4.80. The molecule has 0 atom stereocenters. The van der Waals surface area contributed by atoms with Crippen molar-refractivity contribution >= 4 is 5.91 Å². The minimum absolute atomic E-state index is 0.0640. The van der Waals surface area contributed by atoms with Crippen molar-refractivity contribution in [2.24, 2.45) is 5.92 Å². The smallest absolute Gasteiger partial charge is 0.253 e. The van der Waals surface area contributed by atoms with E-state index in [4.69, 9.17) is 9.47 Å². The van der Waals surface area contributed by atoms with Gasteiger partial charge in [0.05, 0.1) is 7.11 Å². The summed E-state index contributed by atoms with van der Waals surface area (Å²) in [6.07, 6.45) is 2.08. The number of ether oxygens (including phenoxy) is 2. The largest absolute Gasteiger partial charge is 0.497 e. The lowest BCUT2D eigenvalue weighted by Gasteiger charge is -2.27. The van der Waals surface area contributed by atoms with Crippen LogP contribution in [0.2, 0.25) is 0 Å². The summed E-state index contributed by atoms with van der Waals surface area (Å²) >= 11 is 0. The lowest BCUT2D eigenvalue weighted by Crippen LogP contribution is -2.34. The highest BCUT2D eigenvalue weighted by Crippen LogP contribution is 2.17. The van der Waals surface area contributed by atoms with E-state index in [1.807, 2.05) is 31.3 Å². The van der Waals surface area contributed by atoms with Crippen molar-refractivity contribution < 1.29 is 14.3 Å². The van der Waals surface area contributed by atoms with Gasteiger partial charge in [0, 0.05) is 32.4 Å². The second-order valence-electron chi connectivity index (χ2n) is 4.97. The number of rotatable bonds is 4. The maximum atomic E-state index is 12.3. The molecule has 0 spiro atoms. The van der Waals surface area contributed by atoms with Crippen molar-refractivity contribution in [1.29, 1.82) is 0 Å². The van der Waals surface area contributed by atoms with Crippen molar-refractivity contribution in [1.82, 2.24) is 4.90 Å². The highest BCUT2D eigenvalue weighted by atomic mass is 16.5. The topological polar surface area (TPSA) is 38.8 Å². The molecule has 4 nitrogen and oxygen atoms in total. The molecule has 0 aliphatic carbocycles. The van der Waals surface area contributed by atoms with Gasteiger partial charge in [0.2, 0.25) is 0 Å². The quantitative estimate of drug-likeness (QED) is 0.836. The minimum atomic E-state index is 0.0640. The minimum Gasteiger partial charge on any atom is -0.497 e. The lowest BCUT2D eigenvalue weighted by molar-refractivity contribution is 0.0497. The van der Waals surface area contributed by atoms with E-state index in [1.165, 1.54) is 0 Å². The fraction of sp³-hybridized carbons (Fsp3) is 0.533. The van der Waals surface area contributed by atoms with E-state index in [0.717, 1.165) is 38.3 Å². The van der Waals surface area contributed by atoms with Crippen LogP contribution < -0.4 is 4.74 Å². The number of carbonyl (C=O) groups excluding carboxylic acids is 1. The first-order chi connectivity index (χ1) is 9.20. The first-order valence-electron chi connectivity index (χ1n) is 6.68. The molecule has 0 N–H and O–H groups in total. The highest BCUT2D eigenvalue weighted by molar-refractivity contribution is 5.94. The number of methoxy groups -OCH3 is 1. The first-order valence-corrected chi connectivity index (χ1v) is 6.68. The summed E-state index contributed by atoms with van der Waals surface area (Å²) < 4.78 is 10.4. The van der Waals surface area contributed by atoms with Crippen LogP contribution in [0.3, 0.4) is 0 Å². The normalized spacial score (nSPS) is 16.1. The van der Waals surface area contributed by atoms with Crippen molar-refractivity contribution in [2.45, 2.75) is 12.8 Å². The molecule has 1 aromatic rings. The Bertz CT molecular complexity index is 410. The van der Waals surface area contributed by atoms with E-state index in [0.29, 0.717) is 11.5 Å². The van der Waals surface area contributed by atoms with Crippen molar-refractivity contribution in [2.75, 3.05) is 33.9 Å². The van der Waals surface area contributed by atoms with Crippen molar-refractivity contribution in [3.05, 3.63) is 29.8 Å². The molecule has 104 valence electrons. The van der Waals surface area contributed by atoms with Gasteiger partial charge in [-0.25, -0.2) is 0 Å². The average molecular weight is 263 g/mol. The van der Waals surface area contributed by atoms with E-state index in [1.54, 1.807) is 12.0 Å². The number of hydrogen-bond donors (Lipinski definition) is 0. The number of benzene rings is 1. The molecule has 0 bridgehead atoms. The Labute approximate surface area is 114 Å². The number of amides is 1. The third-order valence-electron chi connectivity index (χ3n) is 3.56. The molecular weight excluding hydrogens is 242 g/mol. The second kappa shape index (κ2) is 6.57. The highest BCUT2D eigenvalue weighted by Gasteiger charge is 2.19. The SMILES string of the molecule is COc1ccc(C(=O)N(C)CC2CCOCC2)cc1. The molecular formula is C15H21NO3. The number of carbonyl (C=O) groups is 1. The standard InChI is InChI=1S/C15H21NO3/c1-16(11-12-7-9-19-10-8-12)15(17)13-3-5-14(18-2)6-4-13/h3-6,12H,7-11H2,1-2H3. The Morgan fingerprint density at radius 1 is 1.32 bits per heavy atom. The summed E-state index contributed by atoms with van der Waals surface area (Å²) in [5.41, 5.74) is 0.704. The Hall–Kier alpha value is -1.55. The van der Waals surface area contributed by atoms with Crippen LogP contribution in [-0.4, -0.2) is 44.7 Å². The van der Waals surface area contributed by atoms with Gasteiger partial charge in [-0.15, -0.1) is 0 Å². The second-order valence-corrected chi connectivity index (χ2v) is 4.97. The monoisotopic (exact) mass is 263 g/mol. The molecule has 0 saturated carbocycles. The van der Waals surface area contributed by atoms with Gasteiger partial charge in [-0.05, 0) is 43.0 Å². The van der Waals surface area contributed by atoms with Gasteiger partial charge in [-0.3, -0.25) is 4.79 Å².